The molecule has 1 fully saturated rings. The molecule has 1 aliphatic heterocycles. The van der Waals surface area contributed by atoms with Gasteiger partial charge < -0.3 is 4.90 Å². The van der Waals surface area contributed by atoms with Crippen LogP contribution in [0.1, 0.15) is 63.5 Å². The first-order valence-corrected chi connectivity index (χ1v) is 10.6. The number of hydrogen-bond acceptors (Lipinski definition) is 3. The predicted octanol–water partition coefficient (Wildman–Crippen LogP) is 4.02. The fraction of sp³-hybridized carbons (Fsp3) is 0.684. The fourth-order valence-corrected chi connectivity index (χ4v) is 5.15. The molecule has 1 aromatic rings. The molecule has 4 heteroatoms. The molecule has 3 nitrogen and oxygen atoms in total. The highest BCUT2D eigenvalue weighted by atomic mass is 32.2. The summed E-state index contributed by atoms with van der Waals surface area (Å²) in [6, 6.07) is 6.44. The number of hydrogen-bond donors (Lipinski definition) is 0. The van der Waals surface area contributed by atoms with Crippen LogP contribution in [0.3, 0.4) is 0 Å². The third kappa shape index (κ3) is 4.57. The van der Waals surface area contributed by atoms with Crippen LogP contribution < -0.4 is 0 Å². The van der Waals surface area contributed by atoms with E-state index in [1.165, 1.54) is 18.4 Å². The van der Waals surface area contributed by atoms with E-state index in [2.05, 4.69) is 31.9 Å². The van der Waals surface area contributed by atoms with Crippen LogP contribution in [0.5, 0.6) is 0 Å². The Hall–Kier alpha value is -0.870. The zero-order valence-electron chi connectivity index (χ0n) is 15.0. The highest BCUT2D eigenvalue weighted by Gasteiger charge is 2.23. The van der Waals surface area contributed by atoms with Crippen LogP contribution in [-0.2, 0) is 16.3 Å². The summed E-state index contributed by atoms with van der Waals surface area (Å²) < 4.78 is 25.5. The topological polar surface area (TPSA) is 37.4 Å². The minimum Gasteiger partial charge on any atom is -0.303 e. The molecule has 1 aliphatic rings. The fourth-order valence-electron chi connectivity index (χ4n) is 3.50. The highest BCUT2D eigenvalue weighted by molar-refractivity contribution is 7.91. The first-order chi connectivity index (χ1) is 10.8. The summed E-state index contributed by atoms with van der Waals surface area (Å²) in [5.74, 6) is 0.695. The summed E-state index contributed by atoms with van der Waals surface area (Å²) in [4.78, 5) is 2.91. The maximum atomic E-state index is 12.7. The van der Waals surface area contributed by atoms with Gasteiger partial charge in [-0.15, -0.1) is 0 Å². The zero-order chi connectivity index (χ0) is 17.0. The lowest BCUT2D eigenvalue weighted by molar-refractivity contribution is 0.295. The maximum Gasteiger partial charge on any atom is 0.178 e. The Balaban J connectivity index is 2.06. The molecule has 0 spiro atoms. The van der Waals surface area contributed by atoms with Gasteiger partial charge in [0.05, 0.1) is 10.6 Å². The molecule has 130 valence electrons. The quantitative estimate of drug-likeness (QED) is 0.754. The molecule has 0 amide bonds. The molecule has 0 aromatic heterocycles. The normalized spacial score (nSPS) is 19.6. The van der Waals surface area contributed by atoms with Gasteiger partial charge in [-0.2, -0.15) is 0 Å². The second-order valence-electron chi connectivity index (χ2n) is 7.11. The van der Waals surface area contributed by atoms with Crippen molar-refractivity contribution in [1.82, 2.24) is 4.90 Å². The molecule has 0 radical (unpaired) electrons. The van der Waals surface area contributed by atoms with E-state index in [1.807, 2.05) is 19.1 Å². The molecule has 1 aromatic carbocycles. The number of sulfone groups is 1. The van der Waals surface area contributed by atoms with Crippen molar-refractivity contribution < 1.29 is 8.42 Å². The Labute approximate surface area is 142 Å². The van der Waals surface area contributed by atoms with Crippen LogP contribution in [-0.4, -0.2) is 38.7 Å². The third-order valence-electron chi connectivity index (χ3n) is 5.09. The highest BCUT2D eigenvalue weighted by Crippen LogP contribution is 2.25. The van der Waals surface area contributed by atoms with Crippen LogP contribution in [0, 0.1) is 0 Å². The Morgan fingerprint density at radius 2 is 2.04 bits per heavy atom. The Morgan fingerprint density at radius 1 is 1.30 bits per heavy atom. The Morgan fingerprint density at radius 3 is 2.61 bits per heavy atom. The molecule has 23 heavy (non-hydrogen) atoms. The molecule has 0 N–H and O–H groups in total. The van der Waals surface area contributed by atoms with E-state index < -0.39 is 9.84 Å². The molecule has 2 rings (SSSR count). The van der Waals surface area contributed by atoms with E-state index in [1.54, 1.807) is 0 Å². The Bertz CT molecular complexity index is 622. The van der Waals surface area contributed by atoms with Gasteiger partial charge in [0.15, 0.2) is 9.84 Å². The van der Waals surface area contributed by atoms with Gasteiger partial charge >= 0.3 is 0 Å². The van der Waals surface area contributed by atoms with Gasteiger partial charge in [-0.1, -0.05) is 32.9 Å². The lowest BCUT2D eigenvalue weighted by atomic mass is 10.00. The van der Waals surface area contributed by atoms with Gasteiger partial charge in [0, 0.05) is 6.04 Å². The number of likely N-dealkylation sites (tertiary alicyclic amines) is 1. The summed E-state index contributed by atoms with van der Waals surface area (Å²) in [7, 11) is -1.03. The summed E-state index contributed by atoms with van der Waals surface area (Å²) >= 11 is 0. The van der Waals surface area contributed by atoms with Crippen molar-refractivity contribution in [2.75, 3.05) is 19.3 Å². The van der Waals surface area contributed by atoms with Crippen molar-refractivity contribution in [2.45, 2.75) is 69.7 Å². The molecule has 0 saturated carbocycles. The molecule has 1 unspecified atom stereocenters. The van der Waals surface area contributed by atoms with Crippen molar-refractivity contribution in [1.29, 1.82) is 0 Å². The molecule has 1 atom stereocenters. The molecular formula is C19H31NO2S. The number of aryl methyl sites for hydroxylation is 1. The van der Waals surface area contributed by atoms with Crippen molar-refractivity contribution in [3.63, 3.8) is 0 Å². The van der Waals surface area contributed by atoms with Crippen LogP contribution in [0.2, 0.25) is 0 Å². The van der Waals surface area contributed by atoms with Crippen LogP contribution in [0.15, 0.2) is 23.1 Å². The first kappa shape index (κ1) is 18.5. The molecule has 1 heterocycles. The van der Waals surface area contributed by atoms with Gasteiger partial charge in [0.1, 0.15) is 0 Å². The van der Waals surface area contributed by atoms with Crippen molar-refractivity contribution in [3.8, 4) is 0 Å². The van der Waals surface area contributed by atoms with Crippen molar-refractivity contribution in [3.05, 3.63) is 29.3 Å². The van der Waals surface area contributed by atoms with Crippen LogP contribution >= 0.6 is 0 Å². The summed E-state index contributed by atoms with van der Waals surface area (Å²) in [5, 5.41) is 0. The van der Waals surface area contributed by atoms with E-state index in [0.29, 0.717) is 16.9 Å². The van der Waals surface area contributed by atoms with Gasteiger partial charge in [-0.05, 0) is 68.8 Å². The Kier molecular flexibility index (Phi) is 6.26. The second-order valence-corrected chi connectivity index (χ2v) is 9.19. The largest absolute Gasteiger partial charge is 0.303 e. The summed E-state index contributed by atoms with van der Waals surface area (Å²) in [5.41, 5.74) is 2.18. The predicted molar refractivity (Wildman–Crippen MR) is 96.8 cm³/mol. The van der Waals surface area contributed by atoms with E-state index in [4.69, 9.17) is 0 Å². The third-order valence-corrected chi connectivity index (χ3v) is 6.98. The second kappa shape index (κ2) is 7.80. The smallest absolute Gasteiger partial charge is 0.178 e. The summed E-state index contributed by atoms with van der Waals surface area (Å²) in [6.07, 6.45) is 4.96. The van der Waals surface area contributed by atoms with Crippen LogP contribution in [0.25, 0.3) is 0 Å². The number of nitrogens with zero attached hydrogens (tertiary/aromatic N) is 1. The van der Waals surface area contributed by atoms with Crippen molar-refractivity contribution in [2.24, 2.45) is 0 Å². The minimum atomic E-state index is -3.17. The average molecular weight is 338 g/mol. The molecular weight excluding hydrogens is 306 g/mol. The summed E-state index contributed by atoms with van der Waals surface area (Å²) in [6.45, 7) is 7.46. The maximum absolute atomic E-state index is 12.7. The van der Waals surface area contributed by atoms with Gasteiger partial charge in [-0.3, -0.25) is 0 Å². The van der Waals surface area contributed by atoms with Crippen LogP contribution in [0.4, 0.5) is 0 Å². The van der Waals surface area contributed by atoms with E-state index in [9.17, 15) is 8.42 Å². The van der Waals surface area contributed by atoms with E-state index in [0.717, 1.165) is 31.4 Å². The average Bonchev–Trinajstić information content (AvgIpc) is 2.91. The monoisotopic (exact) mass is 337 g/mol. The van der Waals surface area contributed by atoms with Gasteiger partial charge in [0.25, 0.3) is 0 Å². The molecule has 1 saturated heterocycles. The van der Waals surface area contributed by atoms with E-state index in [-0.39, 0.29) is 5.75 Å². The standard InChI is InChI=1S/C19H31NO2S/c1-5-16-14-17(15(2)3)10-11-19(16)23(21,22)13-7-9-18-8-6-12-20(18)4/h10-11,14-15,18H,5-9,12-13H2,1-4H3. The molecule has 0 bridgehead atoms. The molecule has 0 aliphatic carbocycles. The van der Waals surface area contributed by atoms with Crippen molar-refractivity contribution >= 4 is 9.84 Å². The lowest BCUT2D eigenvalue weighted by Gasteiger charge is -2.19. The lowest BCUT2D eigenvalue weighted by Crippen LogP contribution is -2.25. The zero-order valence-corrected chi connectivity index (χ0v) is 15.8. The number of benzene rings is 1. The van der Waals surface area contributed by atoms with Gasteiger partial charge in [0.2, 0.25) is 0 Å². The van der Waals surface area contributed by atoms with Gasteiger partial charge in [-0.25, -0.2) is 8.42 Å². The minimum absolute atomic E-state index is 0.269. The first-order valence-electron chi connectivity index (χ1n) is 8.91. The van der Waals surface area contributed by atoms with E-state index >= 15 is 0 Å². The SMILES string of the molecule is CCc1cc(C(C)C)ccc1S(=O)(=O)CCCC1CCCN1C. The number of rotatable bonds is 7.